The molecule has 0 atom stereocenters. The number of nitrogens with zero attached hydrogens (tertiary/aromatic N) is 6. The number of hydrogen-bond donors (Lipinski definition) is 0. The molecular weight excluding hydrogens is 1400 g/mol. The standard InChI is InChI=1S/C68H40N6.Pd.2Pt/c1-5-21-47(22-6-1)55-33-15-39-61(69-55)67(62-40-16-34-56(70-62)48-23-7-2-8-24-48)53-31-13-29-51(45-53)59-37-19-43-65(73-59)68(63-41-17-35-57(71-63)49-25-9-3-10-26-49,64-42-18-36-58(72-64)50-27-11-4-12-28-50)66-44-20-38-60(74-66)52-30-14-32-54(67)46-52;;;/h1-21,23,25,27,29-44H;;;/q-6;3*+2. The third kappa shape index (κ3) is 9.65. The molecule has 1 aliphatic heterocycles. The molecule has 0 radical (unpaired) electrons. The molecule has 6 nitrogen and oxygen atoms in total. The van der Waals surface area contributed by atoms with Crippen molar-refractivity contribution in [3.05, 3.63) is 324 Å². The van der Waals surface area contributed by atoms with Crippen molar-refractivity contribution in [1.82, 2.24) is 29.9 Å². The van der Waals surface area contributed by atoms with Crippen molar-refractivity contribution in [3.8, 4) is 67.5 Å². The van der Waals surface area contributed by atoms with Crippen molar-refractivity contribution in [2.24, 2.45) is 0 Å². The molecule has 0 amide bonds. The molecule has 0 aliphatic carbocycles. The number of rotatable bonds is 8. The van der Waals surface area contributed by atoms with Crippen LogP contribution in [0.15, 0.2) is 243 Å². The fourth-order valence-corrected chi connectivity index (χ4v) is 10.3. The average molecular weight is 1440 g/mol. The fourth-order valence-electron chi connectivity index (χ4n) is 10.3. The van der Waals surface area contributed by atoms with Gasteiger partial charge in [0, 0.05) is 11.4 Å². The minimum Gasteiger partial charge on any atom is -0.300 e. The van der Waals surface area contributed by atoms with Gasteiger partial charge >= 0.3 is 62.6 Å². The Kier molecular flexibility index (Phi) is 15.6. The van der Waals surface area contributed by atoms with Gasteiger partial charge in [0.25, 0.3) is 0 Å². The van der Waals surface area contributed by atoms with Crippen molar-refractivity contribution >= 4 is 0 Å². The van der Waals surface area contributed by atoms with Gasteiger partial charge in [-0.1, -0.05) is 72.8 Å². The predicted molar refractivity (Wildman–Crippen MR) is 289 cm³/mol. The van der Waals surface area contributed by atoms with Gasteiger partial charge in [-0.2, -0.15) is 0 Å². The zero-order chi connectivity index (χ0) is 49.3. The van der Waals surface area contributed by atoms with Crippen LogP contribution in [-0.2, 0) is 73.4 Å². The zero-order valence-corrected chi connectivity index (χ0v) is 46.8. The number of fused-ring (bicyclic) bond motifs is 10. The van der Waals surface area contributed by atoms with Crippen LogP contribution in [0.4, 0.5) is 0 Å². The first kappa shape index (κ1) is 52.7. The summed E-state index contributed by atoms with van der Waals surface area (Å²) in [5.74, 6) is 0. The van der Waals surface area contributed by atoms with Crippen LogP contribution in [0.2, 0.25) is 0 Å². The van der Waals surface area contributed by atoms with Gasteiger partial charge in [-0.25, -0.2) is 0 Å². The van der Waals surface area contributed by atoms with Gasteiger partial charge in [0.2, 0.25) is 0 Å². The molecule has 8 bridgehead atoms. The summed E-state index contributed by atoms with van der Waals surface area (Å²) in [6.45, 7) is 0. The first-order chi connectivity index (χ1) is 36.6. The van der Waals surface area contributed by atoms with Crippen molar-refractivity contribution in [2.75, 3.05) is 0 Å². The van der Waals surface area contributed by atoms with E-state index in [2.05, 4.69) is 133 Å². The second-order valence-electron chi connectivity index (χ2n) is 18.0. The maximum absolute atomic E-state index is 5.71. The Morgan fingerprint density at radius 1 is 0.234 bits per heavy atom. The molecule has 6 aromatic carbocycles. The van der Waals surface area contributed by atoms with Gasteiger partial charge in [-0.3, -0.25) is 29.9 Å². The second kappa shape index (κ2) is 22.8. The molecule has 0 spiro atoms. The Labute approximate surface area is 491 Å². The van der Waals surface area contributed by atoms with Crippen molar-refractivity contribution in [3.63, 3.8) is 0 Å². The van der Waals surface area contributed by atoms with E-state index in [0.29, 0.717) is 34.2 Å². The van der Waals surface area contributed by atoms with E-state index < -0.39 is 10.8 Å². The number of hydrogen-bond acceptors (Lipinski definition) is 6. The fraction of sp³-hybridized carbons (Fsp3) is 0.0294. The average Bonchev–Trinajstić information content (AvgIpc) is 3.50. The van der Waals surface area contributed by atoms with E-state index in [1.807, 2.05) is 146 Å². The zero-order valence-electron chi connectivity index (χ0n) is 40.7. The van der Waals surface area contributed by atoms with Crippen LogP contribution in [0.1, 0.15) is 45.3 Å². The molecule has 77 heavy (non-hydrogen) atoms. The molecular formula is C68H40N6PdPt2. The van der Waals surface area contributed by atoms with E-state index in [9.17, 15) is 0 Å². The van der Waals surface area contributed by atoms with E-state index in [1.165, 1.54) is 0 Å². The van der Waals surface area contributed by atoms with Crippen molar-refractivity contribution in [2.45, 2.75) is 10.8 Å². The Morgan fingerprint density at radius 2 is 0.468 bits per heavy atom. The molecule has 0 saturated heterocycles. The molecule has 372 valence electrons. The normalized spacial score (nSPS) is 12.6. The largest absolute Gasteiger partial charge is 2.00 e. The Bertz CT molecular complexity index is 3470. The summed E-state index contributed by atoms with van der Waals surface area (Å²) in [5.41, 5.74) is 12.7. The van der Waals surface area contributed by atoms with Crippen LogP contribution in [-0.4, -0.2) is 29.9 Å². The summed E-state index contributed by atoms with van der Waals surface area (Å²) in [4.78, 5) is 33.6. The molecule has 9 heteroatoms. The summed E-state index contributed by atoms with van der Waals surface area (Å²) in [7, 11) is 0. The smallest absolute Gasteiger partial charge is 0.300 e. The molecule has 0 N–H and O–H groups in total. The minimum atomic E-state index is -1.28. The molecule has 6 aromatic heterocycles. The Morgan fingerprint density at radius 3 is 0.727 bits per heavy atom. The van der Waals surface area contributed by atoms with E-state index in [-0.39, 0.29) is 62.6 Å². The third-order valence-corrected chi connectivity index (χ3v) is 13.7. The van der Waals surface area contributed by atoms with Crippen molar-refractivity contribution in [1.29, 1.82) is 0 Å². The Balaban J connectivity index is 0.00000224. The topological polar surface area (TPSA) is 77.3 Å². The third-order valence-electron chi connectivity index (χ3n) is 13.7. The molecule has 0 saturated carbocycles. The monoisotopic (exact) mass is 1440 g/mol. The van der Waals surface area contributed by atoms with E-state index in [4.69, 9.17) is 29.9 Å². The van der Waals surface area contributed by atoms with Gasteiger partial charge in [0.1, 0.15) is 5.41 Å². The summed E-state index contributed by atoms with van der Waals surface area (Å²) >= 11 is 0. The van der Waals surface area contributed by atoms with Gasteiger partial charge in [-0.05, 0) is 70.6 Å². The van der Waals surface area contributed by atoms with Crippen LogP contribution in [0.5, 0.6) is 0 Å². The maximum Gasteiger partial charge on any atom is 2.00 e. The van der Waals surface area contributed by atoms with Crippen molar-refractivity contribution < 1.29 is 62.6 Å². The molecule has 13 rings (SSSR count). The molecule has 0 unspecified atom stereocenters. The first-order valence-corrected chi connectivity index (χ1v) is 24.4. The summed E-state index contributed by atoms with van der Waals surface area (Å²) in [6, 6.07) is 103. The SMILES string of the molecule is [Pd+2].[Pt+2].[Pt+2].[c-]1ccccc1-c1cccc(C2(c3cccc(-c4[c-]cccc4)n3)c3[c-]c(ccc3)-c3cccc(n3)C(c3cccc(-c4[c-]cccc4)n3)(c3cccc(-c4[c-]cccc4)n3)c3cccc(n3)-c3[c-]c2ccc3)n1. The van der Waals surface area contributed by atoms with Crippen LogP contribution in [0.3, 0.4) is 0 Å². The summed E-state index contributed by atoms with van der Waals surface area (Å²) < 4.78 is 0. The van der Waals surface area contributed by atoms with Crippen LogP contribution in [0.25, 0.3) is 67.5 Å². The van der Waals surface area contributed by atoms with Gasteiger partial charge in [0.05, 0.1) is 28.2 Å². The number of aromatic nitrogens is 6. The van der Waals surface area contributed by atoms with E-state index in [0.717, 1.165) is 78.7 Å². The molecule has 1 aliphatic rings. The van der Waals surface area contributed by atoms with Crippen LogP contribution >= 0.6 is 0 Å². The first-order valence-electron chi connectivity index (χ1n) is 24.4. The number of benzene rings is 6. The van der Waals surface area contributed by atoms with Gasteiger partial charge < -0.3 is 0 Å². The predicted octanol–water partition coefficient (Wildman–Crippen LogP) is 13.9. The van der Waals surface area contributed by atoms with Crippen LogP contribution < -0.4 is 0 Å². The summed E-state index contributed by atoms with van der Waals surface area (Å²) in [6.07, 6.45) is 0. The number of pyridine rings is 6. The molecule has 7 heterocycles. The van der Waals surface area contributed by atoms with E-state index in [1.54, 1.807) is 0 Å². The van der Waals surface area contributed by atoms with E-state index >= 15 is 0 Å². The quantitative estimate of drug-likeness (QED) is 0.111. The van der Waals surface area contributed by atoms with Crippen LogP contribution in [0, 0.1) is 36.4 Å². The minimum absolute atomic E-state index is 0. The molecule has 12 aromatic rings. The van der Waals surface area contributed by atoms with Gasteiger partial charge in [0.15, 0.2) is 0 Å². The second-order valence-corrected chi connectivity index (χ2v) is 18.0. The Hall–Kier alpha value is -7.74. The van der Waals surface area contributed by atoms with Gasteiger partial charge in [-0.15, -0.1) is 214 Å². The maximum atomic E-state index is 5.71. The molecule has 0 fully saturated rings. The summed E-state index contributed by atoms with van der Waals surface area (Å²) in [5, 5.41) is 0.